The number of thiophene rings is 1. The molecule has 1 nitrogen and oxygen atoms in total. The lowest BCUT2D eigenvalue weighted by atomic mass is 10.0. The molecule has 2 unspecified atom stereocenters. The molecule has 0 radical (unpaired) electrons. The Labute approximate surface area is 101 Å². The smallest absolute Gasteiger partial charge is 0.0158 e. The number of hydrogen-bond acceptors (Lipinski definition) is 3. The molecule has 0 amide bonds. The van der Waals surface area contributed by atoms with Gasteiger partial charge in [-0.15, -0.1) is 0 Å². The molecule has 0 saturated carbocycles. The van der Waals surface area contributed by atoms with Gasteiger partial charge in [0.25, 0.3) is 0 Å². The van der Waals surface area contributed by atoms with Crippen molar-refractivity contribution in [1.29, 1.82) is 0 Å². The fourth-order valence-electron chi connectivity index (χ4n) is 1.92. The highest BCUT2D eigenvalue weighted by molar-refractivity contribution is 7.99. The zero-order chi connectivity index (χ0) is 10.5. The second-order valence-corrected chi connectivity index (χ2v) is 6.21. The molecule has 84 valence electrons. The molecule has 0 aromatic carbocycles. The van der Waals surface area contributed by atoms with E-state index in [4.69, 9.17) is 0 Å². The minimum absolute atomic E-state index is 0.656. The van der Waals surface area contributed by atoms with Crippen LogP contribution in [0.1, 0.15) is 31.2 Å². The van der Waals surface area contributed by atoms with E-state index in [0.29, 0.717) is 5.92 Å². The summed E-state index contributed by atoms with van der Waals surface area (Å²) in [6, 6.07) is 3.00. The molecule has 0 aliphatic carbocycles. The van der Waals surface area contributed by atoms with E-state index < -0.39 is 0 Å². The van der Waals surface area contributed by atoms with E-state index in [0.717, 1.165) is 12.6 Å². The van der Waals surface area contributed by atoms with Gasteiger partial charge in [-0.25, -0.2) is 0 Å². The van der Waals surface area contributed by atoms with Crippen LogP contribution in [-0.2, 0) is 0 Å². The summed E-state index contributed by atoms with van der Waals surface area (Å²) >= 11 is 3.89. The SMILES string of the molecule is CC(CNC1CCCSC1)c1ccsc1. The lowest BCUT2D eigenvalue weighted by Crippen LogP contribution is -2.35. The van der Waals surface area contributed by atoms with Crippen molar-refractivity contribution in [3.8, 4) is 0 Å². The highest BCUT2D eigenvalue weighted by Gasteiger charge is 2.14. The summed E-state index contributed by atoms with van der Waals surface area (Å²) in [6.07, 6.45) is 2.75. The minimum Gasteiger partial charge on any atom is -0.313 e. The molecule has 0 spiro atoms. The standard InChI is InChI=1S/C12H19NS2/c1-10(11-4-6-15-8-11)7-13-12-3-2-5-14-9-12/h4,6,8,10,12-13H,2-3,5,7,9H2,1H3. The van der Waals surface area contributed by atoms with Crippen molar-refractivity contribution >= 4 is 23.1 Å². The predicted molar refractivity (Wildman–Crippen MR) is 71.1 cm³/mol. The molecule has 1 aromatic rings. The molecule has 3 heteroatoms. The lowest BCUT2D eigenvalue weighted by molar-refractivity contribution is 0.488. The maximum Gasteiger partial charge on any atom is 0.0158 e. The highest BCUT2D eigenvalue weighted by Crippen LogP contribution is 2.20. The molecule has 1 aliphatic rings. The van der Waals surface area contributed by atoms with Crippen LogP contribution < -0.4 is 5.32 Å². The fourth-order valence-corrected chi connectivity index (χ4v) is 3.81. The molecular weight excluding hydrogens is 222 g/mol. The van der Waals surface area contributed by atoms with Crippen LogP contribution >= 0.6 is 23.1 Å². The maximum atomic E-state index is 3.69. The van der Waals surface area contributed by atoms with Crippen molar-refractivity contribution in [3.63, 3.8) is 0 Å². The summed E-state index contributed by atoms with van der Waals surface area (Å²) in [7, 11) is 0. The molecule has 15 heavy (non-hydrogen) atoms. The van der Waals surface area contributed by atoms with Gasteiger partial charge < -0.3 is 5.32 Å². The van der Waals surface area contributed by atoms with Gasteiger partial charge in [-0.2, -0.15) is 23.1 Å². The first-order chi connectivity index (χ1) is 7.36. The van der Waals surface area contributed by atoms with Crippen LogP contribution in [0.2, 0.25) is 0 Å². The lowest BCUT2D eigenvalue weighted by Gasteiger charge is -2.24. The normalized spacial score (nSPS) is 23.9. The average molecular weight is 241 g/mol. The van der Waals surface area contributed by atoms with Crippen LogP contribution in [0.5, 0.6) is 0 Å². The van der Waals surface area contributed by atoms with E-state index in [-0.39, 0.29) is 0 Å². The van der Waals surface area contributed by atoms with Gasteiger partial charge in [0.1, 0.15) is 0 Å². The zero-order valence-corrected chi connectivity index (χ0v) is 10.9. The van der Waals surface area contributed by atoms with Crippen molar-refractivity contribution in [1.82, 2.24) is 5.32 Å². The van der Waals surface area contributed by atoms with Crippen molar-refractivity contribution in [2.24, 2.45) is 0 Å². The van der Waals surface area contributed by atoms with E-state index in [1.165, 1.54) is 29.9 Å². The number of rotatable bonds is 4. The first kappa shape index (κ1) is 11.5. The zero-order valence-electron chi connectivity index (χ0n) is 9.24. The third kappa shape index (κ3) is 3.51. The van der Waals surface area contributed by atoms with Gasteiger partial charge in [0, 0.05) is 18.3 Å². The third-order valence-corrected chi connectivity index (χ3v) is 4.90. The van der Waals surface area contributed by atoms with Gasteiger partial charge in [0.15, 0.2) is 0 Å². The van der Waals surface area contributed by atoms with Crippen LogP contribution in [0.4, 0.5) is 0 Å². The molecule has 1 fully saturated rings. The Balaban J connectivity index is 1.73. The van der Waals surface area contributed by atoms with Crippen LogP contribution in [0.3, 0.4) is 0 Å². The Morgan fingerprint density at radius 1 is 1.60 bits per heavy atom. The van der Waals surface area contributed by atoms with E-state index >= 15 is 0 Å². The van der Waals surface area contributed by atoms with E-state index in [9.17, 15) is 0 Å². The summed E-state index contributed by atoms with van der Waals surface area (Å²) in [5.74, 6) is 3.32. The molecule has 1 N–H and O–H groups in total. The van der Waals surface area contributed by atoms with Crippen LogP contribution in [0.25, 0.3) is 0 Å². The Morgan fingerprint density at radius 3 is 3.20 bits per heavy atom. The summed E-state index contributed by atoms with van der Waals surface area (Å²) in [5, 5.41) is 8.13. The van der Waals surface area contributed by atoms with Gasteiger partial charge in [0.2, 0.25) is 0 Å². The van der Waals surface area contributed by atoms with Crippen LogP contribution in [0, 0.1) is 0 Å². The summed E-state index contributed by atoms with van der Waals surface area (Å²) in [5.41, 5.74) is 1.48. The minimum atomic E-state index is 0.656. The summed E-state index contributed by atoms with van der Waals surface area (Å²) in [6.45, 7) is 3.44. The molecular formula is C12H19NS2. The largest absolute Gasteiger partial charge is 0.313 e. The van der Waals surface area contributed by atoms with Crippen molar-refractivity contribution in [2.75, 3.05) is 18.1 Å². The van der Waals surface area contributed by atoms with Gasteiger partial charge in [-0.3, -0.25) is 0 Å². The quantitative estimate of drug-likeness (QED) is 0.868. The number of thioether (sulfide) groups is 1. The van der Waals surface area contributed by atoms with Gasteiger partial charge in [0.05, 0.1) is 0 Å². The second-order valence-electron chi connectivity index (χ2n) is 4.28. The molecule has 0 bridgehead atoms. The first-order valence-electron chi connectivity index (χ1n) is 5.69. The Kier molecular flexibility index (Phi) is 4.54. The molecule has 1 saturated heterocycles. The highest BCUT2D eigenvalue weighted by atomic mass is 32.2. The average Bonchev–Trinajstić information content (AvgIpc) is 2.81. The monoisotopic (exact) mass is 241 g/mol. The van der Waals surface area contributed by atoms with E-state index in [2.05, 4.69) is 40.8 Å². The molecule has 1 aromatic heterocycles. The topological polar surface area (TPSA) is 12.0 Å². The molecule has 2 rings (SSSR count). The van der Waals surface area contributed by atoms with Crippen LogP contribution in [0.15, 0.2) is 16.8 Å². The molecule has 1 aliphatic heterocycles. The number of nitrogens with one attached hydrogen (secondary N) is 1. The van der Waals surface area contributed by atoms with Gasteiger partial charge in [-0.05, 0) is 46.9 Å². The Bertz CT molecular complexity index is 265. The Morgan fingerprint density at radius 2 is 2.53 bits per heavy atom. The molecule has 2 heterocycles. The summed E-state index contributed by atoms with van der Waals surface area (Å²) < 4.78 is 0. The summed E-state index contributed by atoms with van der Waals surface area (Å²) in [4.78, 5) is 0. The third-order valence-electron chi connectivity index (χ3n) is 2.99. The van der Waals surface area contributed by atoms with Crippen LogP contribution in [-0.4, -0.2) is 24.1 Å². The predicted octanol–water partition coefficient (Wildman–Crippen LogP) is 3.34. The van der Waals surface area contributed by atoms with E-state index in [1.807, 2.05) is 0 Å². The van der Waals surface area contributed by atoms with E-state index in [1.54, 1.807) is 11.3 Å². The fraction of sp³-hybridized carbons (Fsp3) is 0.667. The Hall–Kier alpha value is 0.01000. The van der Waals surface area contributed by atoms with Crippen molar-refractivity contribution in [3.05, 3.63) is 22.4 Å². The van der Waals surface area contributed by atoms with Crippen molar-refractivity contribution in [2.45, 2.75) is 31.7 Å². The maximum absolute atomic E-state index is 3.69. The van der Waals surface area contributed by atoms with Crippen molar-refractivity contribution < 1.29 is 0 Å². The second kappa shape index (κ2) is 5.92. The first-order valence-corrected chi connectivity index (χ1v) is 7.79. The number of hydrogen-bond donors (Lipinski definition) is 1. The molecule has 2 atom stereocenters. The van der Waals surface area contributed by atoms with Gasteiger partial charge >= 0.3 is 0 Å². The van der Waals surface area contributed by atoms with Gasteiger partial charge in [-0.1, -0.05) is 6.92 Å².